The summed E-state index contributed by atoms with van der Waals surface area (Å²) in [7, 11) is 0. The van der Waals surface area contributed by atoms with Gasteiger partial charge in [-0.1, -0.05) is 0 Å². The minimum absolute atomic E-state index is 0.163. The topological polar surface area (TPSA) is 104 Å². The Labute approximate surface area is 62.4 Å². The zero-order valence-corrected chi connectivity index (χ0v) is 5.66. The van der Waals surface area contributed by atoms with Crippen LogP contribution in [0.15, 0.2) is 6.20 Å². The van der Waals surface area contributed by atoms with Crippen LogP contribution in [0.5, 0.6) is 0 Å². The van der Waals surface area contributed by atoms with Crippen LogP contribution in [0.1, 0.15) is 0 Å². The molecule has 0 amide bonds. The van der Waals surface area contributed by atoms with Gasteiger partial charge in [0.15, 0.2) is 0 Å². The minimum Gasteiger partial charge on any atom is -0.480 e. The van der Waals surface area contributed by atoms with E-state index in [4.69, 9.17) is 10.8 Å². The molecule has 0 saturated carbocycles. The summed E-state index contributed by atoms with van der Waals surface area (Å²) in [6.07, 6.45) is 1.43. The molecule has 1 aromatic rings. The number of aliphatic carboxylic acids is 1. The van der Waals surface area contributed by atoms with Gasteiger partial charge in [0.1, 0.15) is 12.4 Å². The summed E-state index contributed by atoms with van der Waals surface area (Å²) < 4.78 is 0. The van der Waals surface area contributed by atoms with E-state index in [1.807, 2.05) is 0 Å². The number of hydrogen-bond donors (Lipinski definition) is 4. The molecule has 1 aromatic heterocycles. The van der Waals surface area contributed by atoms with Gasteiger partial charge in [-0.25, -0.2) is 0 Å². The molecule has 60 valence electrons. The van der Waals surface area contributed by atoms with Gasteiger partial charge in [0.25, 0.3) is 0 Å². The summed E-state index contributed by atoms with van der Waals surface area (Å²) in [4.78, 5) is 10.1. The van der Waals surface area contributed by atoms with Gasteiger partial charge in [0, 0.05) is 0 Å². The van der Waals surface area contributed by atoms with Gasteiger partial charge < -0.3 is 16.2 Å². The molecule has 0 spiro atoms. The van der Waals surface area contributed by atoms with Crippen molar-refractivity contribution in [1.29, 1.82) is 0 Å². The number of anilines is 2. The van der Waals surface area contributed by atoms with Gasteiger partial charge in [0.2, 0.25) is 0 Å². The van der Waals surface area contributed by atoms with Crippen LogP contribution >= 0.6 is 0 Å². The number of carboxylic acid groups (broad SMARTS) is 1. The lowest BCUT2D eigenvalue weighted by atomic mass is 10.5. The van der Waals surface area contributed by atoms with Crippen molar-refractivity contribution in [2.45, 2.75) is 0 Å². The highest BCUT2D eigenvalue weighted by atomic mass is 16.4. The van der Waals surface area contributed by atoms with Crippen LogP contribution in [0.3, 0.4) is 0 Å². The number of nitrogens with two attached hydrogens (primary N) is 1. The zero-order valence-electron chi connectivity index (χ0n) is 5.66. The molecule has 0 atom stereocenters. The van der Waals surface area contributed by atoms with Crippen molar-refractivity contribution >= 4 is 17.5 Å². The number of nitrogens with zero attached hydrogens (tertiary/aromatic N) is 1. The van der Waals surface area contributed by atoms with E-state index in [-0.39, 0.29) is 6.54 Å². The van der Waals surface area contributed by atoms with Crippen molar-refractivity contribution in [3.05, 3.63) is 6.20 Å². The maximum absolute atomic E-state index is 10.1. The Hall–Kier alpha value is -1.72. The average molecular weight is 156 g/mol. The van der Waals surface area contributed by atoms with E-state index in [1.165, 1.54) is 6.20 Å². The lowest BCUT2D eigenvalue weighted by Gasteiger charge is -1.98. The molecule has 0 radical (unpaired) electrons. The van der Waals surface area contributed by atoms with Gasteiger partial charge in [0.05, 0.1) is 11.9 Å². The van der Waals surface area contributed by atoms with E-state index in [0.717, 1.165) is 0 Å². The predicted octanol–water partition coefficient (Wildman–Crippen LogP) is -0.512. The number of hydrogen-bond acceptors (Lipinski definition) is 4. The Morgan fingerprint density at radius 1 is 1.91 bits per heavy atom. The third-order valence-electron chi connectivity index (χ3n) is 1.10. The molecule has 0 aliphatic carbocycles. The smallest absolute Gasteiger partial charge is 0.322 e. The first-order valence-corrected chi connectivity index (χ1v) is 2.94. The molecule has 0 saturated heterocycles. The lowest BCUT2D eigenvalue weighted by molar-refractivity contribution is -0.134. The number of aromatic nitrogens is 2. The highest BCUT2D eigenvalue weighted by Gasteiger charge is 2.01. The monoisotopic (exact) mass is 156 g/mol. The fraction of sp³-hybridized carbons (Fsp3) is 0.200. The van der Waals surface area contributed by atoms with E-state index in [9.17, 15) is 4.79 Å². The second kappa shape index (κ2) is 2.91. The van der Waals surface area contributed by atoms with Gasteiger partial charge in [-0.2, -0.15) is 5.10 Å². The SMILES string of the molecule is Nc1[nH]ncc1NCC(=O)O. The fourth-order valence-electron chi connectivity index (χ4n) is 0.608. The summed E-state index contributed by atoms with van der Waals surface area (Å²) in [5.74, 6) is -0.600. The van der Waals surface area contributed by atoms with Crippen LogP contribution in [-0.2, 0) is 4.79 Å². The van der Waals surface area contributed by atoms with Crippen molar-refractivity contribution in [1.82, 2.24) is 10.2 Å². The Kier molecular flexibility index (Phi) is 1.95. The predicted molar refractivity (Wildman–Crippen MR) is 39.1 cm³/mol. The van der Waals surface area contributed by atoms with Crippen LogP contribution in [0.25, 0.3) is 0 Å². The summed E-state index contributed by atoms with van der Waals surface area (Å²) in [5, 5.41) is 16.9. The number of carbonyl (C=O) groups is 1. The number of carboxylic acids is 1. The number of H-pyrrole nitrogens is 1. The second-order valence-corrected chi connectivity index (χ2v) is 1.94. The molecular formula is C5H8N4O2. The van der Waals surface area contributed by atoms with Gasteiger partial charge in [-0.3, -0.25) is 9.89 Å². The molecule has 5 N–H and O–H groups in total. The molecule has 1 rings (SSSR count). The van der Waals surface area contributed by atoms with Crippen molar-refractivity contribution in [2.75, 3.05) is 17.6 Å². The third-order valence-corrected chi connectivity index (χ3v) is 1.10. The van der Waals surface area contributed by atoms with Crippen molar-refractivity contribution in [3.8, 4) is 0 Å². The van der Waals surface area contributed by atoms with E-state index < -0.39 is 5.97 Å². The van der Waals surface area contributed by atoms with Crippen LogP contribution in [-0.4, -0.2) is 27.8 Å². The fourth-order valence-corrected chi connectivity index (χ4v) is 0.608. The molecule has 0 fully saturated rings. The van der Waals surface area contributed by atoms with E-state index in [2.05, 4.69) is 15.5 Å². The highest BCUT2D eigenvalue weighted by Crippen LogP contribution is 2.11. The Morgan fingerprint density at radius 3 is 3.09 bits per heavy atom. The molecule has 0 unspecified atom stereocenters. The molecule has 0 bridgehead atoms. The molecule has 6 nitrogen and oxygen atoms in total. The van der Waals surface area contributed by atoms with Gasteiger partial charge in [-0.15, -0.1) is 0 Å². The standard InChI is InChI=1S/C5H8N4O2/c6-5-3(1-8-9-5)7-2-4(10)11/h1,7H,2H2,(H,10,11)(H3,6,8,9). The van der Waals surface area contributed by atoms with Crippen molar-refractivity contribution < 1.29 is 9.90 Å². The van der Waals surface area contributed by atoms with Gasteiger partial charge in [-0.05, 0) is 0 Å². The molecule has 1 heterocycles. The summed E-state index contributed by atoms with van der Waals surface area (Å²) >= 11 is 0. The zero-order chi connectivity index (χ0) is 8.27. The maximum atomic E-state index is 10.1. The molecule has 11 heavy (non-hydrogen) atoms. The number of aromatic amines is 1. The largest absolute Gasteiger partial charge is 0.480 e. The first-order valence-electron chi connectivity index (χ1n) is 2.94. The average Bonchev–Trinajstić information content (AvgIpc) is 2.31. The minimum atomic E-state index is -0.939. The molecule has 0 aliphatic heterocycles. The lowest BCUT2D eigenvalue weighted by Crippen LogP contribution is -2.12. The molecule has 0 aliphatic rings. The molecular weight excluding hydrogens is 148 g/mol. The Morgan fingerprint density at radius 2 is 2.64 bits per heavy atom. The number of nitrogen functional groups attached to an aromatic ring is 1. The van der Waals surface area contributed by atoms with Crippen molar-refractivity contribution in [3.63, 3.8) is 0 Å². The van der Waals surface area contributed by atoms with Crippen LogP contribution < -0.4 is 11.1 Å². The van der Waals surface area contributed by atoms with Crippen LogP contribution in [0.2, 0.25) is 0 Å². The highest BCUT2D eigenvalue weighted by molar-refractivity contribution is 5.74. The molecule has 6 heteroatoms. The normalized spacial score (nSPS) is 9.45. The Balaban J connectivity index is 2.51. The number of rotatable bonds is 3. The Bertz CT molecular complexity index is 257. The first kappa shape index (κ1) is 7.39. The van der Waals surface area contributed by atoms with Crippen molar-refractivity contribution in [2.24, 2.45) is 0 Å². The third kappa shape index (κ3) is 1.85. The van der Waals surface area contributed by atoms with E-state index in [0.29, 0.717) is 11.5 Å². The van der Waals surface area contributed by atoms with E-state index >= 15 is 0 Å². The van der Waals surface area contributed by atoms with Crippen LogP contribution in [0, 0.1) is 0 Å². The summed E-state index contributed by atoms with van der Waals surface area (Å²) in [6.45, 7) is -0.163. The summed E-state index contributed by atoms with van der Waals surface area (Å²) in [5.41, 5.74) is 5.86. The first-order chi connectivity index (χ1) is 5.20. The second-order valence-electron chi connectivity index (χ2n) is 1.94. The molecule has 0 aromatic carbocycles. The number of nitrogens with one attached hydrogen (secondary N) is 2. The summed E-state index contributed by atoms with van der Waals surface area (Å²) in [6, 6.07) is 0. The van der Waals surface area contributed by atoms with Gasteiger partial charge >= 0.3 is 5.97 Å². The maximum Gasteiger partial charge on any atom is 0.322 e. The van der Waals surface area contributed by atoms with Crippen LogP contribution in [0.4, 0.5) is 11.5 Å². The quantitative estimate of drug-likeness (QED) is 0.471. The van der Waals surface area contributed by atoms with E-state index in [1.54, 1.807) is 0 Å².